The molecule has 1 atom stereocenters. The van der Waals surface area contributed by atoms with Crippen molar-refractivity contribution in [1.82, 2.24) is 5.32 Å². The van der Waals surface area contributed by atoms with Gasteiger partial charge in [-0.3, -0.25) is 0 Å². The Balaban J connectivity index is 2.40. The maximum absolute atomic E-state index is 9.63. The summed E-state index contributed by atoms with van der Waals surface area (Å²) in [4.78, 5) is 0. The SMILES string of the molecule is CC(C)Cc1ccc(CNCC(C)(O)CO)cc1. The first-order valence-corrected chi connectivity index (χ1v) is 6.55. The van der Waals surface area contributed by atoms with Gasteiger partial charge in [0, 0.05) is 13.1 Å². The summed E-state index contributed by atoms with van der Waals surface area (Å²) in [5.41, 5.74) is 1.50. The predicted octanol–water partition coefficient (Wildman–Crippen LogP) is 1.72. The minimum Gasteiger partial charge on any atom is -0.393 e. The van der Waals surface area contributed by atoms with Gasteiger partial charge in [-0.1, -0.05) is 38.1 Å². The summed E-state index contributed by atoms with van der Waals surface area (Å²) in [6, 6.07) is 8.53. The summed E-state index contributed by atoms with van der Waals surface area (Å²) in [5.74, 6) is 0.675. The van der Waals surface area contributed by atoms with Gasteiger partial charge in [-0.05, 0) is 30.4 Å². The molecule has 0 saturated carbocycles. The Bertz CT molecular complexity index is 344. The summed E-state index contributed by atoms with van der Waals surface area (Å²) >= 11 is 0. The van der Waals surface area contributed by atoms with E-state index >= 15 is 0 Å². The van der Waals surface area contributed by atoms with Crippen molar-refractivity contribution >= 4 is 0 Å². The van der Waals surface area contributed by atoms with Crippen LogP contribution in [0.2, 0.25) is 0 Å². The Morgan fingerprint density at radius 3 is 2.22 bits per heavy atom. The fourth-order valence-electron chi connectivity index (χ4n) is 1.80. The van der Waals surface area contributed by atoms with Crippen molar-refractivity contribution in [3.8, 4) is 0 Å². The van der Waals surface area contributed by atoms with Crippen molar-refractivity contribution in [2.24, 2.45) is 5.92 Å². The zero-order chi connectivity index (χ0) is 13.6. The Hall–Kier alpha value is -0.900. The summed E-state index contributed by atoms with van der Waals surface area (Å²) in [5, 5.41) is 21.7. The molecule has 1 rings (SSSR count). The summed E-state index contributed by atoms with van der Waals surface area (Å²) < 4.78 is 0. The minimum atomic E-state index is -1.04. The van der Waals surface area contributed by atoms with Crippen molar-refractivity contribution in [3.05, 3.63) is 35.4 Å². The fourth-order valence-corrected chi connectivity index (χ4v) is 1.80. The molecule has 0 aliphatic rings. The molecule has 0 aromatic heterocycles. The largest absolute Gasteiger partial charge is 0.393 e. The topological polar surface area (TPSA) is 52.5 Å². The second-order valence-corrected chi connectivity index (χ2v) is 5.67. The standard InChI is InChI=1S/C15H25NO2/c1-12(2)8-13-4-6-14(7-5-13)9-16-10-15(3,18)11-17/h4-7,12,16-18H,8-11H2,1-3H3. The highest BCUT2D eigenvalue weighted by Gasteiger charge is 2.17. The van der Waals surface area contributed by atoms with Gasteiger partial charge in [0.15, 0.2) is 0 Å². The lowest BCUT2D eigenvalue weighted by atomic mass is 10.0. The van der Waals surface area contributed by atoms with Crippen molar-refractivity contribution in [2.45, 2.75) is 39.3 Å². The Morgan fingerprint density at radius 2 is 1.72 bits per heavy atom. The number of hydrogen-bond donors (Lipinski definition) is 3. The lowest BCUT2D eigenvalue weighted by Gasteiger charge is -2.20. The third kappa shape index (κ3) is 5.63. The second-order valence-electron chi connectivity index (χ2n) is 5.67. The number of aliphatic hydroxyl groups is 2. The number of aliphatic hydroxyl groups excluding tert-OH is 1. The molecule has 0 spiro atoms. The minimum absolute atomic E-state index is 0.229. The van der Waals surface area contributed by atoms with Crippen LogP contribution in [0.5, 0.6) is 0 Å². The van der Waals surface area contributed by atoms with Gasteiger partial charge in [-0.2, -0.15) is 0 Å². The van der Waals surface area contributed by atoms with Crippen LogP contribution in [-0.4, -0.2) is 29.0 Å². The molecule has 18 heavy (non-hydrogen) atoms. The maximum atomic E-state index is 9.63. The smallest absolute Gasteiger partial charge is 0.0972 e. The van der Waals surface area contributed by atoms with E-state index < -0.39 is 5.60 Å². The van der Waals surface area contributed by atoms with Gasteiger partial charge in [0.1, 0.15) is 0 Å². The van der Waals surface area contributed by atoms with E-state index in [1.54, 1.807) is 6.92 Å². The summed E-state index contributed by atoms with van der Waals surface area (Å²) in [6.45, 7) is 6.91. The first kappa shape index (κ1) is 15.2. The third-order valence-electron chi connectivity index (χ3n) is 2.84. The van der Waals surface area contributed by atoms with Gasteiger partial charge in [0.2, 0.25) is 0 Å². The molecule has 1 unspecified atom stereocenters. The third-order valence-corrected chi connectivity index (χ3v) is 2.84. The average Bonchev–Trinajstić information content (AvgIpc) is 2.30. The molecule has 0 heterocycles. The van der Waals surface area contributed by atoms with Crippen LogP contribution < -0.4 is 5.32 Å². The van der Waals surface area contributed by atoms with Crippen LogP contribution in [0.25, 0.3) is 0 Å². The maximum Gasteiger partial charge on any atom is 0.0972 e. The zero-order valence-corrected chi connectivity index (χ0v) is 11.6. The summed E-state index contributed by atoms with van der Waals surface area (Å²) in [6.07, 6.45) is 1.10. The molecule has 0 bridgehead atoms. The van der Waals surface area contributed by atoms with Gasteiger partial charge in [0.05, 0.1) is 12.2 Å². The van der Waals surface area contributed by atoms with E-state index in [1.165, 1.54) is 11.1 Å². The van der Waals surface area contributed by atoms with Crippen LogP contribution in [0.4, 0.5) is 0 Å². The molecule has 0 aliphatic heterocycles. The molecule has 1 aromatic carbocycles. The number of hydrogen-bond acceptors (Lipinski definition) is 3. The van der Waals surface area contributed by atoms with Gasteiger partial charge < -0.3 is 15.5 Å². The fraction of sp³-hybridized carbons (Fsp3) is 0.600. The van der Waals surface area contributed by atoms with E-state index in [9.17, 15) is 5.11 Å². The van der Waals surface area contributed by atoms with Gasteiger partial charge in [-0.25, -0.2) is 0 Å². The highest BCUT2D eigenvalue weighted by Crippen LogP contribution is 2.10. The second kappa shape index (κ2) is 6.88. The molecule has 3 nitrogen and oxygen atoms in total. The van der Waals surface area contributed by atoms with E-state index in [0.717, 1.165) is 6.42 Å². The van der Waals surface area contributed by atoms with Gasteiger partial charge in [-0.15, -0.1) is 0 Å². The van der Waals surface area contributed by atoms with E-state index in [2.05, 4.69) is 43.4 Å². The van der Waals surface area contributed by atoms with Crippen LogP contribution in [-0.2, 0) is 13.0 Å². The van der Waals surface area contributed by atoms with Crippen molar-refractivity contribution in [2.75, 3.05) is 13.2 Å². The molecular weight excluding hydrogens is 226 g/mol. The van der Waals surface area contributed by atoms with Crippen molar-refractivity contribution in [3.63, 3.8) is 0 Å². The van der Waals surface area contributed by atoms with Crippen molar-refractivity contribution in [1.29, 1.82) is 0 Å². The first-order valence-electron chi connectivity index (χ1n) is 6.55. The molecule has 0 saturated heterocycles. The Labute approximate surface area is 110 Å². The van der Waals surface area contributed by atoms with E-state index in [4.69, 9.17) is 5.11 Å². The van der Waals surface area contributed by atoms with Crippen LogP contribution >= 0.6 is 0 Å². The molecule has 3 N–H and O–H groups in total. The first-order chi connectivity index (χ1) is 8.43. The number of rotatable bonds is 7. The highest BCUT2D eigenvalue weighted by molar-refractivity contribution is 5.22. The lowest BCUT2D eigenvalue weighted by Crippen LogP contribution is -2.40. The van der Waals surface area contributed by atoms with Crippen LogP contribution in [0.15, 0.2) is 24.3 Å². The van der Waals surface area contributed by atoms with E-state index in [-0.39, 0.29) is 6.61 Å². The van der Waals surface area contributed by atoms with Gasteiger partial charge in [0.25, 0.3) is 0 Å². The molecule has 0 amide bonds. The lowest BCUT2D eigenvalue weighted by molar-refractivity contribution is 0.00254. The molecule has 0 aliphatic carbocycles. The highest BCUT2D eigenvalue weighted by atomic mass is 16.3. The zero-order valence-electron chi connectivity index (χ0n) is 11.6. The van der Waals surface area contributed by atoms with E-state index in [0.29, 0.717) is 19.0 Å². The van der Waals surface area contributed by atoms with Crippen molar-refractivity contribution < 1.29 is 10.2 Å². The van der Waals surface area contributed by atoms with E-state index in [1.807, 2.05) is 0 Å². The van der Waals surface area contributed by atoms with Gasteiger partial charge >= 0.3 is 0 Å². The molecule has 1 aromatic rings. The number of benzene rings is 1. The van der Waals surface area contributed by atoms with Crippen LogP contribution in [0.1, 0.15) is 31.9 Å². The summed E-state index contributed by atoms with van der Waals surface area (Å²) in [7, 11) is 0. The molecule has 102 valence electrons. The quantitative estimate of drug-likeness (QED) is 0.691. The van der Waals surface area contributed by atoms with Crippen LogP contribution in [0.3, 0.4) is 0 Å². The molecule has 0 radical (unpaired) electrons. The normalized spacial score (nSPS) is 14.8. The predicted molar refractivity (Wildman–Crippen MR) is 74.4 cm³/mol. The monoisotopic (exact) mass is 251 g/mol. The Kier molecular flexibility index (Phi) is 5.79. The molecule has 0 fully saturated rings. The molecule has 3 heteroatoms. The molecular formula is C15H25NO2. The van der Waals surface area contributed by atoms with Crippen LogP contribution in [0, 0.1) is 5.92 Å². The average molecular weight is 251 g/mol. The number of nitrogens with one attached hydrogen (secondary N) is 1. The Morgan fingerprint density at radius 1 is 1.17 bits per heavy atom.